The van der Waals surface area contributed by atoms with Crippen molar-refractivity contribution in [2.75, 3.05) is 0 Å². The zero-order valence-electron chi connectivity index (χ0n) is 14.1. The third-order valence-electron chi connectivity index (χ3n) is 3.77. The maximum absolute atomic E-state index is 10.5. The van der Waals surface area contributed by atoms with Gasteiger partial charge in [0.25, 0.3) is 0 Å². The average molecular weight is 294 g/mol. The monoisotopic (exact) mass is 294 g/mol. The van der Waals surface area contributed by atoms with Gasteiger partial charge in [-0.1, -0.05) is 82.9 Å². The molecule has 0 fully saturated rings. The van der Waals surface area contributed by atoms with E-state index in [-0.39, 0.29) is 0 Å². The van der Waals surface area contributed by atoms with Crippen molar-refractivity contribution in [2.24, 2.45) is 0 Å². The molecule has 0 amide bonds. The van der Waals surface area contributed by atoms with Crippen LogP contribution >= 0.6 is 0 Å². The molecule has 0 aromatic carbocycles. The molecule has 0 bridgehead atoms. The van der Waals surface area contributed by atoms with Crippen molar-refractivity contribution in [2.45, 2.75) is 90.9 Å². The molecule has 0 heterocycles. The van der Waals surface area contributed by atoms with Crippen LogP contribution in [-0.4, -0.2) is 11.1 Å². The van der Waals surface area contributed by atoms with E-state index in [1.165, 1.54) is 75.9 Å². The molecule has 0 aromatic rings. The van der Waals surface area contributed by atoms with Crippen molar-refractivity contribution < 1.29 is 9.90 Å². The molecular formula is C19H34O2. The van der Waals surface area contributed by atoms with E-state index in [1.807, 2.05) is 6.08 Å². The molecule has 0 aromatic heterocycles. The van der Waals surface area contributed by atoms with Gasteiger partial charge in [0.2, 0.25) is 0 Å². The number of aliphatic carboxylic acids is 1. The van der Waals surface area contributed by atoms with Gasteiger partial charge in [-0.15, -0.1) is 0 Å². The van der Waals surface area contributed by atoms with Gasteiger partial charge in [-0.05, 0) is 25.7 Å². The minimum Gasteiger partial charge on any atom is -0.478 e. The first-order valence-corrected chi connectivity index (χ1v) is 8.79. The number of rotatable bonds is 14. The fourth-order valence-corrected chi connectivity index (χ4v) is 2.47. The van der Waals surface area contributed by atoms with Crippen LogP contribution in [0.4, 0.5) is 0 Å². The lowest BCUT2D eigenvalue weighted by Gasteiger charge is -2.07. The molecule has 0 unspecified atom stereocenters. The van der Waals surface area contributed by atoms with Crippen LogP contribution in [-0.2, 0) is 4.79 Å². The third kappa shape index (κ3) is 15.2. The van der Waals surface area contributed by atoms with Crippen LogP contribution in [0.15, 0.2) is 23.8 Å². The SMILES string of the molecule is CCCCCCCC(=C/C=C/C(=O)O)CCCCCCC. The maximum atomic E-state index is 10.5. The Hall–Kier alpha value is -1.05. The first-order valence-electron chi connectivity index (χ1n) is 8.79. The van der Waals surface area contributed by atoms with E-state index in [0.29, 0.717) is 0 Å². The minimum absolute atomic E-state index is 0.864. The standard InChI is InChI=1S/C19H34O2/c1-3-5-7-9-11-14-18(16-13-17-19(20)21)15-12-10-8-6-4-2/h13,16-17H,3-12,14-15H2,1-2H3,(H,20,21)/b17-13+. The molecule has 0 aliphatic rings. The fourth-order valence-electron chi connectivity index (χ4n) is 2.47. The quantitative estimate of drug-likeness (QED) is 0.233. The summed E-state index contributed by atoms with van der Waals surface area (Å²) >= 11 is 0. The van der Waals surface area contributed by atoms with Gasteiger partial charge in [0, 0.05) is 6.08 Å². The molecule has 122 valence electrons. The molecule has 0 rings (SSSR count). The molecule has 2 nitrogen and oxygen atoms in total. The van der Waals surface area contributed by atoms with E-state index in [9.17, 15) is 4.79 Å². The largest absolute Gasteiger partial charge is 0.478 e. The molecule has 2 heteroatoms. The average Bonchev–Trinajstić information content (AvgIpc) is 2.45. The summed E-state index contributed by atoms with van der Waals surface area (Å²) in [5.41, 5.74) is 1.42. The summed E-state index contributed by atoms with van der Waals surface area (Å²) in [4.78, 5) is 10.5. The highest BCUT2D eigenvalue weighted by Gasteiger charge is 1.99. The Balaban J connectivity index is 4.05. The van der Waals surface area contributed by atoms with Gasteiger partial charge in [0.1, 0.15) is 0 Å². The Bertz CT molecular complexity index is 287. The second kappa shape index (κ2) is 15.3. The topological polar surface area (TPSA) is 37.3 Å². The van der Waals surface area contributed by atoms with Gasteiger partial charge in [-0.2, -0.15) is 0 Å². The number of carboxylic acids is 1. The van der Waals surface area contributed by atoms with E-state index in [0.717, 1.165) is 12.8 Å². The van der Waals surface area contributed by atoms with E-state index < -0.39 is 5.97 Å². The molecule has 0 saturated carbocycles. The van der Waals surface area contributed by atoms with Crippen molar-refractivity contribution >= 4 is 5.97 Å². The highest BCUT2D eigenvalue weighted by atomic mass is 16.4. The van der Waals surface area contributed by atoms with Gasteiger partial charge in [-0.25, -0.2) is 4.79 Å². The van der Waals surface area contributed by atoms with Crippen molar-refractivity contribution in [3.63, 3.8) is 0 Å². The predicted molar refractivity (Wildman–Crippen MR) is 91.6 cm³/mol. The Kier molecular flexibility index (Phi) is 14.6. The Morgan fingerprint density at radius 3 is 1.71 bits per heavy atom. The number of unbranched alkanes of at least 4 members (excludes halogenated alkanes) is 8. The van der Waals surface area contributed by atoms with Crippen molar-refractivity contribution in [3.8, 4) is 0 Å². The van der Waals surface area contributed by atoms with E-state index in [2.05, 4.69) is 13.8 Å². The smallest absolute Gasteiger partial charge is 0.328 e. The lowest BCUT2D eigenvalue weighted by atomic mass is 9.99. The summed E-state index contributed by atoms with van der Waals surface area (Å²) in [7, 11) is 0. The molecule has 0 saturated heterocycles. The first kappa shape index (κ1) is 19.9. The van der Waals surface area contributed by atoms with Crippen molar-refractivity contribution in [1.29, 1.82) is 0 Å². The predicted octanol–water partition coefficient (Wildman–Crippen LogP) is 6.27. The second-order valence-corrected chi connectivity index (χ2v) is 5.85. The molecule has 0 aliphatic carbocycles. The number of allylic oxidation sites excluding steroid dienone is 3. The van der Waals surface area contributed by atoms with Gasteiger partial charge >= 0.3 is 5.97 Å². The van der Waals surface area contributed by atoms with E-state index in [4.69, 9.17) is 5.11 Å². The summed E-state index contributed by atoms with van der Waals surface area (Å²) < 4.78 is 0. The van der Waals surface area contributed by atoms with E-state index >= 15 is 0 Å². The second-order valence-electron chi connectivity index (χ2n) is 5.85. The molecule has 0 aliphatic heterocycles. The highest BCUT2D eigenvalue weighted by Crippen LogP contribution is 2.18. The number of hydrogen-bond donors (Lipinski definition) is 1. The highest BCUT2D eigenvalue weighted by molar-refractivity contribution is 5.80. The van der Waals surface area contributed by atoms with Crippen LogP contribution in [0.5, 0.6) is 0 Å². The zero-order chi connectivity index (χ0) is 15.8. The number of hydrogen-bond acceptors (Lipinski definition) is 1. The Morgan fingerprint density at radius 2 is 1.29 bits per heavy atom. The summed E-state index contributed by atoms with van der Waals surface area (Å²) in [6.45, 7) is 4.47. The van der Waals surface area contributed by atoms with Crippen LogP contribution in [0.1, 0.15) is 90.9 Å². The van der Waals surface area contributed by atoms with Gasteiger partial charge in [0.05, 0.1) is 0 Å². The summed E-state index contributed by atoms with van der Waals surface area (Å²) in [6.07, 6.45) is 20.1. The van der Waals surface area contributed by atoms with Crippen LogP contribution in [0.3, 0.4) is 0 Å². The summed E-state index contributed by atoms with van der Waals surface area (Å²) in [5, 5.41) is 8.66. The molecular weight excluding hydrogens is 260 g/mol. The van der Waals surface area contributed by atoms with Crippen LogP contribution < -0.4 is 0 Å². The van der Waals surface area contributed by atoms with Crippen molar-refractivity contribution in [3.05, 3.63) is 23.8 Å². The van der Waals surface area contributed by atoms with Crippen LogP contribution in [0, 0.1) is 0 Å². The fraction of sp³-hybridized carbons (Fsp3) is 0.737. The van der Waals surface area contributed by atoms with Gasteiger partial charge < -0.3 is 5.11 Å². The number of carboxylic acid groups (broad SMARTS) is 1. The zero-order valence-corrected chi connectivity index (χ0v) is 14.1. The summed E-state index contributed by atoms with van der Waals surface area (Å²) in [5.74, 6) is -0.864. The first-order chi connectivity index (χ1) is 10.2. The molecule has 21 heavy (non-hydrogen) atoms. The maximum Gasteiger partial charge on any atom is 0.328 e. The molecule has 0 radical (unpaired) electrons. The molecule has 0 spiro atoms. The Morgan fingerprint density at radius 1 is 0.810 bits per heavy atom. The lowest BCUT2D eigenvalue weighted by Crippen LogP contribution is -1.89. The van der Waals surface area contributed by atoms with Crippen LogP contribution in [0.25, 0.3) is 0 Å². The molecule has 0 atom stereocenters. The lowest BCUT2D eigenvalue weighted by molar-refractivity contribution is -0.131. The van der Waals surface area contributed by atoms with Crippen molar-refractivity contribution in [1.82, 2.24) is 0 Å². The summed E-state index contributed by atoms with van der Waals surface area (Å²) in [6, 6.07) is 0. The van der Waals surface area contributed by atoms with E-state index in [1.54, 1.807) is 6.08 Å². The van der Waals surface area contributed by atoms with Crippen LogP contribution in [0.2, 0.25) is 0 Å². The number of carbonyl (C=O) groups is 1. The minimum atomic E-state index is -0.864. The van der Waals surface area contributed by atoms with Gasteiger partial charge in [-0.3, -0.25) is 0 Å². The third-order valence-corrected chi connectivity index (χ3v) is 3.77. The van der Waals surface area contributed by atoms with Gasteiger partial charge in [0.15, 0.2) is 0 Å². The Labute approximate surface area is 131 Å². The molecule has 1 N–H and O–H groups in total. The normalized spacial score (nSPS) is 11.0.